The smallest absolute Gasteiger partial charge is 0.0763 e. The molecule has 0 bridgehead atoms. The van der Waals surface area contributed by atoms with E-state index in [-0.39, 0.29) is 0 Å². The molecule has 2 nitrogen and oxygen atoms in total. The molecule has 0 amide bonds. The van der Waals surface area contributed by atoms with Crippen LogP contribution in [0.4, 0.5) is 0 Å². The zero-order valence-corrected chi connectivity index (χ0v) is 14.6. The molecule has 0 heterocycles. The van der Waals surface area contributed by atoms with Crippen molar-refractivity contribution in [1.82, 2.24) is 0 Å². The summed E-state index contributed by atoms with van der Waals surface area (Å²) in [4.78, 5) is 0. The first-order chi connectivity index (χ1) is 10.1. The monoisotopic (exact) mass is 304 g/mol. The average molecular weight is 304 g/mol. The zero-order chi connectivity index (χ0) is 17.7. The van der Waals surface area contributed by atoms with Gasteiger partial charge in [0.05, 0.1) is 12.2 Å². The van der Waals surface area contributed by atoms with Crippen LogP contribution in [-0.2, 0) is 0 Å². The van der Waals surface area contributed by atoms with Gasteiger partial charge in [-0.25, -0.2) is 0 Å². The Morgan fingerprint density at radius 2 is 1.05 bits per heavy atom. The quantitative estimate of drug-likeness (QED) is 0.495. The summed E-state index contributed by atoms with van der Waals surface area (Å²) in [5.41, 5.74) is 3.98. The Kier molecular flexibility index (Phi) is 13.4. The molecule has 0 saturated heterocycles. The number of rotatable bonds is 8. The third-order valence-electron chi connectivity index (χ3n) is 2.57. The Balaban J connectivity index is 0. The minimum Gasteiger partial charge on any atom is -0.389 e. The molecule has 0 fully saturated rings. The van der Waals surface area contributed by atoms with Crippen molar-refractivity contribution in [2.75, 3.05) is 0 Å². The standard InChI is InChI=1S/2C10H16O/c2*1-5-9(4)7-10(11)6-8(2)3/h2*5-6,10-11H,1,4,7H2,2-3H3/t10-;/m1./s1. The lowest BCUT2D eigenvalue weighted by molar-refractivity contribution is 0.223. The highest BCUT2D eigenvalue weighted by atomic mass is 16.3. The van der Waals surface area contributed by atoms with Crippen molar-refractivity contribution < 1.29 is 10.2 Å². The molecule has 0 aliphatic rings. The van der Waals surface area contributed by atoms with Gasteiger partial charge in [-0.2, -0.15) is 0 Å². The number of hydrogen-bond donors (Lipinski definition) is 2. The molecule has 2 heteroatoms. The zero-order valence-electron chi connectivity index (χ0n) is 14.6. The average Bonchev–Trinajstić information content (AvgIpc) is 2.36. The van der Waals surface area contributed by atoms with Crippen molar-refractivity contribution in [3.8, 4) is 0 Å². The van der Waals surface area contributed by atoms with Crippen LogP contribution in [0, 0.1) is 0 Å². The Hall–Kier alpha value is -1.64. The van der Waals surface area contributed by atoms with Crippen molar-refractivity contribution in [2.24, 2.45) is 0 Å². The summed E-state index contributed by atoms with van der Waals surface area (Å²) in [6.45, 7) is 22.4. The van der Waals surface area contributed by atoms with Crippen LogP contribution in [0.15, 0.2) is 72.9 Å². The summed E-state index contributed by atoms with van der Waals surface area (Å²) in [6, 6.07) is 0. The fourth-order valence-electron chi connectivity index (χ4n) is 1.59. The van der Waals surface area contributed by atoms with Gasteiger partial charge in [0.15, 0.2) is 0 Å². The van der Waals surface area contributed by atoms with E-state index in [9.17, 15) is 10.2 Å². The molecule has 0 spiro atoms. The predicted molar refractivity (Wildman–Crippen MR) is 98.8 cm³/mol. The van der Waals surface area contributed by atoms with Crippen LogP contribution in [0.25, 0.3) is 0 Å². The van der Waals surface area contributed by atoms with E-state index in [1.54, 1.807) is 12.2 Å². The molecule has 0 aromatic carbocycles. The van der Waals surface area contributed by atoms with Gasteiger partial charge in [-0.15, -0.1) is 0 Å². The van der Waals surface area contributed by atoms with Gasteiger partial charge < -0.3 is 10.2 Å². The van der Waals surface area contributed by atoms with Crippen LogP contribution < -0.4 is 0 Å². The highest BCUT2D eigenvalue weighted by Gasteiger charge is 2.00. The van der Waals surface area contributed by atoms with Crippen molar-refractivity contribution in [3.05, 3.63) is 72.9 Å². The summed E-state index contributed by atoms with van der Waals surface area (Å²) >= 11 is 0. The molecular formula is C20H32O2. The minimum atomic E-state index is -0.412. The van der Waals surface area contributed by atoms with Gasteiger partial charge in [0, 0.05) is 12.8 Å². The largest absolute Gasteiger partial charge is 0.389 e. The number of hydrogen-bond acceptors (Lipinski definition) is 2. The normalized spacial score (nSPS) is 11.9. The van der Waals surface area contributed by atoms with Crippen LogP contribution in [0.2, 0.25) is 0 Å². The number of aliphatic hydroxyl groups excluding tert-OH is 2. The van der Waals surface area contributed by atoms with Gasteiger partial charge in [0.2, 0.25) is 0 Å². The van der Waals surface area contributed by atoms with Crippen molar-refractivity contribution >= 4 is 0 Å². The van der Waals surface area contributed by atoms with Gasteiger partial charge in [-0.1, -0.05) is 72.9 Å². The highest BCUT2D eigenvalue weighted by Crippen LogP contribution is 2.07. The molecule has 0 saturated carbocycles. The fraction of sp³-hybridized carbons (Fsp3) is 0.400. The molecule has 0 radical (unpaired) electrons. The van der Waals surface area contributed by atoms with Gasteiger partial charge >= 0.3 is 0 Å². The molecule has 124 valence electrons. The van der Waals surface area contributed by atoms with Crippen LogP contribution in [0.3, 0.4) is 0 Å². The van der Waals surface area contributed by atoms with Gasteiger partial charge in [0.25, 0.3) is 0 Å². The molecule has 2 atom stereocenters. The van der Waals surface area contributed by atoms with Crippen molar-refractivity contribution in [1.29, 1.82) is 0 Å². The Morgan fingerprint density at radius 3 is 1.23 bits per heavy atom. The van der Waals surface area contributed by atoms with Crippen LogP contribution >= 0.6 is 0 Å². The summed E-state index contributed by atoms with van der Waals surface area (Å²) in [5, 5.41) is 18.7. The SMILES string of the molecule is C=CC(=C)CC(O)C=C(C)C.C=CC(=C)C[C@H](O)C=C(C)C. The summed E-state index contributed by atoms with van der Waals surface area (Å²) in [7, 11) is 0. The number of aliphatic hydroxyl groups is 2. The second-order valence-corrected chi connectivity index (χ2v) is 5.76. The Labute approximate surface area is 136 Å². The van der Waals surface area contributed by atoms with E-state index in [0.29, 0.717) is 12.8 Å². The van der Waals surface area contributed by atoms with E-state index in [1.807, 2.05) is 39.8 Å². The summed E-state index contributed by atoms with van der Waals surface area (Å²) in [6.07, 6.45) is 7.30. The first-order valence-corrected chi connectivity index (χ1v) is 7.38. The van der Waals surface area contributed by atoms with Crippen molar-refractivity contribution in [3.63, 3.8) is 0 Å². The van der Waals surface area contributed by atoms with E-state index in [1.165, 1.54) is 0 Å². The van der Waals surface area contributed by atoms with E-state index in [4.69, 9.17) is 0 Å². The molecule has 0 aromatic heterocycles. The second-order valence-electron chi connectivity index (χ2n) is 5.76. The molecule has 2 N–H and O–H groups in total. The van der Waals surface area contributed by atoms with Gasteiger partial charge in [0.1, 0.15) is 0 Å². The number of allylic oxidation sites excluding steroid dienone is 4. The van der Waals surface area contributed by atoms with Gasteiger partial charge in [-0.05, 0) is 27.7 Å². The summed E-state index contributed by atoms with van der Waals surface area (Å²) in [5.74, 6) is 0. The molecule has 0 aliphatic carbocycles. The first-order valence-electron chi connectivity index (χ1n) is 7.38. The van der Waals surface area contributed by atoms with E-state index in [2.05, 4.69) is 26.3 Å². The van der Waals surface area contributed by atoms with Gasteiger partial charge in [-0.3, -0.25) is 0 Å². The minimum absolute atomic E-state index is 0.412. The third kappa shape index (κ3) is 16.4. The Morgan fingerprint density at radius 1 is 0.773 bits per heavy atom. The maximum absolute atomic E-state index is 9.34. The predicted octanol–water partition coefficient (Wildman–Crippen LogP) is 4.89. The van der Waals surface area contributed by atoms with E-state index < -0.39 is 12.2 Å². The van der Waals surface area contributed by atoms with Crippen LogP contribution in [-0.4, -0.2) is 22.4 Å². The third-order valence-corrected chi connectivity index (χ3v) is 2.57. The van der Waals surface area contributed by atoms with E-state index >= 15 is 0 Å². The molecule has 22 heavy (non-hydrogen) atoms. The van der Waals surface area contributed by atoms with E-state index in [0.717, 1.165) is 22.3 Å². The van der Waals surface area contributed by atoms with Crippen molar-refractivity contribution in [2.45, 2.75) is 52.7 Å². The summed E-state index contributed by atoms with van der Waals surface area (Å²) < 4.78 is 0. The highest BCUT2D eigenvalue weighted by molar-refractivity contribution is 5.15. The molecule has 1 unspecified atom stereocenters. The first kappa shape index (κ1) is 22.6. The molecule has 0 rings (SSSR count). The molecular weight excluding hydrogens is 272 g/mol. The maximum atomic E-state index is 9.34. The van der Waals surface area contributed by atoms with Crippen LogP contribution in [0.5, 0.6) is 0 Å². The fourth-order valence-corrected chi connectivity index (χ4v) is 1.59. The second kappa shape index (κ2) is 13.1. The topological polar surface area (TPSA) is 40.5 Å². The molecule has 0 aliphatic heterocycles. The lowest BCUT2D eigenvalue weighted by Gasteiger charge is -2.05. The van der Waals surface area contributed by atoms with Crippen LogP contribution in [0.1, 0.15) is 40.5 Å². The lowest BCUT2D eigenvalue weighted by Crippen LogP contribution is -2.02. The Bertz CT molecular complexity index is 389. The molecule has 0 aromatic rings. The lowest BCUT2D eigenvalue weighted by atomic mass is 10.1. The maximum Gasteiger partial charge on any atom is 0.0763 e.